The first kappa shape index (κ1) is 16.1. The molecule has 2 heterocycles. The van der Waals surface area contributed by atoms with Gasteiger partial charge in [-0.05, 0) is 26.0 Å². The van der Waals surface area contributed by atoms with Gasteiger partial charge in [0, 0.05) is 37.5 Å². The van der Waals surface area contributed by atoms with Crippen LogP contribution in [0.25, 0.3) is 0 Å². The lowest BCUT2D eigenvalue weighted by Gasteiger charge is -2.15. The van der Waals surface area contributed by atoms with Gasteiger partial charge in [0.05, 0.1) is 13.2 Å². The Hall–Kier alpha value is -2.28. The van der Waals surface area contributed by atoms with Crippen molar-refractivity contribution in [3.8, 4) is 0 Å². The highest BCUT2D eigenvalue weighted by Crippen LogP contribution is 2.10. The largest absolute Gasteiger partial charge is 0.384 e. The van der Waals surface area contributed by atoms with Gasteiger partial charge in [-0.2, -0.15) is 4.98 Å². The Kier molecular flexibility index (Phi) is 5.21. The molecule has 0 saturated carbocycles. The van der Waals surface area contributed by atoms with E-state index in [1.165, 1.54) is 0 Å². The summed E-state index contributed by atoms with van der Waals surface area (Å²) in [6.45, 7) is 4.52. The molecule has 0 aliphatic rings. The molecule has 2 aromatic rings. The van der Waals surface area contributed by atoms with Crippen LogP contribution in [-0.4, -0.2) is 46.7 Å². The van der Waals surface area contributed by atoms with Gasteiger partial charge < -0.3 is 14.2 Å². The number of hydrogen-bond acceptors (Lipinski definition) is 6. The summed E-state index contributed by atoms with van der Waals surface area (Å²) in [5, 5.41) is 3.85. The topological polar surface area (TPSA) is 81.4 Å². The summed E-state index contributed by atoms with van der Waals surface area (Å²) in [6.07, 6.45) is 0.584. The third kappa shape index (κ3) is 4.11. The Morgan fingerprint density at radius 3 is 2.59 bits per heavy atom. The first-order valence-electron chi connectivity index (χ1n) is 7.00. The van der Waals surface area contributed by atoms with Crippen molar-refractivity contribution in [2.75, 3.05) is 20.8 Å². The highest BCUT2D eigenvalue weighted by Gasteiger charge is 2.16. The minimum absolute atomic E-state index is 0.106. The van der Waals surface area contributed by atoms with Crippen LogP contribution in [0.5, 0.6) is 0 Å². The highest BCUT2D eigenvalue weighted by molar-refractivity contribution is 5.94. The van der Waals surface area contributed by atoms with Crippen molar-refractivity contribution in [1.29, 1.82) is 0 Å². The standard InChI is InChI=1S/C15H20N4O3/c1-10-7-12(8-11(2)16-10)15(20)19(3)9-14-17-13(18-22-14)5-6-21-4/h7-8H,5-6,9H2,1-4H3. The fourth-order valence-corrected chi connectivity index (χ4v) is 2.10. The number of carbonyl (C=O) groups is 1. The number of nitrogens with zero attached hydrogens (tertiary/aromatic N) is 4. The van der Waals surface area contributed by atoms with Gasteiger partial charge in [0.15, 0.2) is 5.82 Å². The second-order valence-electron chi connectivity index (χ2n) is 5.15. The summed E-state index contributed by atoms with van der Waals surface area (Å²) in [4.78, 5) is 22.5. The lowest BCUT2D eigenvalue weighted by Crippen LogP contribution is -2.26. The van der Waals surface area contributed by atoms with Gasteiger partial charge in [-0.1, -0.05) is 5.16 Å². The summed E-state index contributed by atoms with van der Waals surface area (Å²) in [6, 6.07) is 3.54. The van der Waals surface area contributed by atoms with Crippen molar-refractivity contribution in [2.24, 2.45) is 0 Å². The van der Waals surface area contributed by atoms with E-state index in [0.29, 0.717) is 30.3 Å². The number of methoxy groups -OCH3 is 1. The quantitative estimate of drug-likeness (QED) is 0.805. The maximum Gasteiger partial charge on any atom is 0.254 e. The van der Waals surface area contributed by atoms with E-state index in [0.717, 1.165) is 11.4 Å². The van der Waals surface area contributed by atoms with E-state index in [-0.39, 0.29) is 12.5 Å². The Labute approximate surface area is 129 Å². The molecular formula is C15H20N4O3. The number of amides is 1. The Bertz CT molecular complexity index is 634. The van der Waals surface area contributed by atoms with Crippen LogP contribution >= 0.6 is 0 Å². The number of hydrogen-bond donors (Lipinski definition) is 0. The summed E-state index contributed by atoms with van der Waals surface area (Å²) in [5.74, 6) is 0.878. The second-order valence-corrected chi connectivity index (χ2v) is 5.15. The van der Waals surface area contributed by atoms with Crippen LogP contribution in [0.2, 0.25) is 0 Å². The summed E-state index contributed by atoms with van der Waals surface area (Å²) in [7, 11) is 3.32. The molecule has 22 heavy (non-hydrogen) atoms. The Morgan fingerprint density at radius 1 is 1.27 bits per heavy atom. The Balaban J connectivity index is 2.03. The molecule has 2 aromatic heterocycles. The SMILES string of the molecule is COCCc1noc(CN(C)C(=O)c2cc(C)nc(C)c2)n1. The van der Waals surface area contributed by atoms with Gasteiger partial charge in [-0.15, -0.1) is 0 Å². The van der Waals surface area contributed by atoms with E-state index in [1.54, 1.807) is 31.2 Å². The zero-order chi connectivity index (χ0) is 16.1. The average Bonchev–Trinajstić information content (AvgIpc) is 2.90. The van der Waals surface area contributed by atoms with E-state index < -0.39 is 0 Å². The second kappa shape index (κ2) is 7.13. The first-order valence-corrected chi connectivity index (χ1v) is 7.00. The molecule has 0 aromatic carbocycles. The molecule has 7 nitrogen and oxygen atoms in total. The zero-order valence-electron chi connectivity index (χ0n) is 13.3. The average molecular weight is 304 g/mol. The summed E-state index contributed by atoms with van der Waals surface area (Å²) < 4.78 is 10.1. The van der Waals surface area contributed by atoms with Crippen molar-refractivity contribution in [3.63, 3.8) is 0 Å². The fraction of sp³-hybridized carbons (Fsp3) is 0.467. The Morgan fingerprint density at radius 2 is 1.95 bits per heavy atom. The number of aromatic nitrogens is 3. The molecule has 0 N–H and O–H groups in total. The molecule has 7 heteroatoms. The van der Waals surface area contributed by atoms with Gasteiger partial charge in [0.25, 0.3) is 5.91 Å². The molecule has 0 spiro atoms. The maximum absolute atomic E-state index is 12.4. The van der Waals surface area contributed by atoms with Crippen molar-refractivity contribution in [3.05, 3.63) is 40.8 Å². The molecular weight excluding hydrogens is 284 g/mol. The van der Waals surface area contributed by atoms with Crippen molar-refractivity contribution in [1.82, 2.24) is 20.0 Å². The fourth-order valence-electron chi connectivity index (χ4n) is 2.10. The van der Waals surface area contributed by atoms with Gasteiger partial charge in [-0.3, -0.25) is 9.78 Å². The molecule has 0 bridgehead atoms. The van der Waals surface area contributed by atoms with E-state index in [4.69, 9.17) is 9.26 Å². The molecule has 0 atom stereocenters. The molecule has 0 saturated heterocycles. The van der Waals surface area contributed by atoms with Gasteiger partial charge in [0.1, 0.15) is 0 Å². The predicted molar refractivity (Wildman–Crippen MR) is 79.4 cm³/mol. The molecule has 0 radical (unpaired) electrons. The summed E-state index contributed by atoms with van der Waals surface area (Å²) >= 11 is 0. The predicted octanol–water partition coefficient (Wildman–Crippen LogP) is 1.54. The van der Waals surface area contributed by atoms with Crippen LogP contribution < -0.4 is 0 Å². The number of pyridine rings is 1. The highest BCUT2D eigenvalue weighted by atomic mass is 16.5. The third-order valence-electron chi connectivity index (χ3n) is 3.09. The molecule has 118 valence electrons. The zero-order valence-corrected chi connectivity index (χ0v) is 13.3. The van der Waals surface area contributed by atoms with Crippen LogP contribution in [0, 0.1) is 13.8 Å². The van der Waals surface area contributed by atoms with Gasteiger partial charge in [0.2, 0.25) is 5.89 Å². The lowest BCUT2D eigenvalue weighted by molar-refractivity contribution is 0.0769. The monoisotopic (exact) mass is 304 g/mol. The molecule has 2 rings (SSSR count). The molecule has 0 aliphatic heterocycles. The van der Waals surface area contributed by atoms with Crippen molar-refractivity contribution < 1.29 is 14.1 Å². The van der Waals surface area contributed by atoms with E-state index in [1.807, 2.05) is 13.8 Å². The first-order chi connectivity index (χ1) is 10.5. The van der Waals surface area contributed by atoms with Crippen LogP contribution in [0.3, 0.4) is 0 Å². The number of aryl methyl sites for hydroxylation is 2. The number of carbonyl (C=O) groups excluding carboxylic acids is 1. The minimum atomic E-state index is -0.106. The molecule has 0 fully saturated rings. The minimum Gasteiger partial charge on any atom is -0.384 e. The molecule has 1 amide bonds. The van der Waals surface area contributed by atoms with Crippen molar-refractivity contribution >= 4 is 5.91 Å². The number of rotatable bonds is 6. The summed E-state index contributed by atoms with van der Waals surface area (Å²) in [5.41, 5.74) is 2.24. The van der Waals surface area contributed by atoms with Gasteiger partial charge >= 0.3 is 0 Å². The normalized spacial score (nSPS) is 10.7. The van der Waals surface area contributed by atoms with Gasteiger partial charge in [-0.25, -0.2) is 0 Å². The molecule has 0 aliphatic carbocycles. The maximum atomic E-state index is 12.4. The van der Waals surface area contributed by atoms with Crippen molar-refractivity contribution in [2.45, 2.75) is 26.8 Å². The van der Waals surface area contributed by atoms with E-state index >= 15 is 0 Å². The van der Waals surface area contributed by atoms with Crippen LogP contribution in [0.1, 0.15) is 33.5 Å². The third-order valence-corrected chi connectivity index (χ3v) is 3.09. The lowest BCUT2D eigenvalue weighted by atomic mass is 10.2. The van der Waals surface area contributed by atoms with E-state index in [2.05, 4.69) is 15.1 Å². The van der Waals surface area contributed by atoms with Crippen LogP contribution in [-0.2, 0) is 17.7 Å². The smallest absolute Gasteiger partial charge is 0.254 e. The van der Waals surface area contributed by atoms with Crippen LogP contribution in [0.15, 0.2) is 16.7 Å². The van der Waals surface area contributed by atoms with Crippen LogP contribution in [0.4, 0.5) is 0 Å². The molecule has 0 unspecified atom stereocenters. The number of ether oxygens (including phenoxy) is 1. The van der Waals surface area contributed by atoms with E-state index in [9.17, 15) is 4.79 Å².